The summed E-state index contributed by atoms with van der Waals surface area (Å²) >= 11 is 0. The molecule has 0 aromatic heterocycles. The summed E-state index contributed by atoms with van der Waals surface area (Å²) in [5, 5.41) is 3.69. The molecule has 3 unspecified atom stereocenters. The fraction of sp³-hybridized carbons (Fsp3) is 0.647. The molecule has 3 atom stereocenters. The van der Waals surface area contributed by atoms with Crippen LogP contribution in [0.1, 0.15) is 34.1 Å². The first kappa shape index (κ1) is 13.7. The first-order valence-corrected chi connectivity index (χ1v) is 7.63. The second-order valence-electron chi connectivity index (χ2n) is 6.88. The number of hydrogen-bond donors (Lipinski definition) is 1. The molecule has 110 valence electrons. The number of fused-ring (bicyclic) bond motifs is 1. The largest absolute Gasteiger partial charge is 0.491 e. The highest BCUT2D eigenvalue weighted by Gasteiger charge is 2.59. The van der Waals surface area contributed by atoms with Crippen LogP contribution in [0.4, 0.5) is 5.69 Å². The van der Waals surface area contributed by atoms with Crippen molar-refractivity contribution in [3.63, 3.8) is 0 Å². The first-order valence-electron chi connectivity index (χ1n) is 7.63. The molecule has 1 saturated carbocycles. The molecule has 0 amide bonds. The lowest BCUT2D eigenvalue weighted by molar-refractivity contribution is -0.0923. The smallest absolute Gasteiger partial charge is 0.119 e. The van der Waals surface area contributed by atoms with Crippen molar-refractivity contribution in [3.8, 4) is 5.75 Å². The van der Waals surface area contributed by atoms with Gasteiger partial charge >= 0.3 is 0 Å². The Morgan fingerprint density at radius 1 is 1.25 bits per heavy atom. The maximum Gasteiger partial charge on any atom is 0.119 e. The van der Waals surface area contributed by atoms with Crippen LogP contribution < -0.4 is 10.1 Å². The second-order valence-corrected chi connectivity index (χ2v) is 6.88. The first-order chi connectivity index (χ1) is 9.48. The predicted molar refractivity (Wildman–Crippen MR) is 81.2 cm³/mol. The minimum absolute atomic E-state index is 0.217. The Balaban J connectivity index is 1.66. The van der Waals surface area contributed by atoms with E-state index >= 15 is 0 Å². The average Bonchev–Trinajstić information content (AvgIpc) is 2.84. The molecule has 0 radical (unpaired) electrons. The van der Waals surface area contributed by atoms with Crippen LogP contribution in [0.3, 0.4) is 0 Å². The maximum absolute atomic E-state index is 5.84. The van der Waals surface area contributed by atoms with E-state index in [0.29, 0.717) is 18.1 Å². The van der Waals surface area contributed by atoms with Gasteiger partial charge in [0.15, 0.2) is 0 Å². The Morgan fingerprint density at radius 2 is 1.95 bits per heavy atom. The van der Waals surface area contributed by atoms with E-state index in [9.17, 15) is 0 Å². The number of ether oxygens (including phenoxy) is 2. The van der Waals surface area contributed by atoms with Gasteiger partial charge in [0.25, 0.3) is 0 Å². The number of nitrogens with one attached hydrogen (secondary N) is 1. The third-order valence-electron chi connectivity index (χ3n) is 4.65. The molecule has 0 bridgehead atoms. The van der Waals surface area contributed by atoms with Crippen LogP contribution in [0.25, 0.3) is 0 Å². The summed E-state index contributed by atoms with van der Waals surface area (Å²) in [5.74, 6) is 1.59. The topological polar surface area (TPSA) is 30.5 Å². The summed E-state index contributed by atoms with van der Waals surface area (Å²) in [6.45, 7) is 9.60. The molecule has 1 N–H and O–H groups in total. The Hall–Kier alpha value is -1.22. The normalized spacial score (nSPS) is 30.8. The number of hydrogen-bond acceptors (Lipinski definition) is 3. The molecule has 1 aliphatic carbocycles. The van der Waals surface area contributed by atoms with Crippen molar-refractivity contribution >= 4 is 5.69 Å². The average molecular weight is 275 g/mol. The summed E-state index contributed by atoms with van der Waals surface area (Å²) in [4.78, 5) is 0. The zero-order chi connectivity index (χ0) is 14.3. The SMILES string of the molecule is CC(C)Oc1ccc(NC2C3CCOC3C2(C)C)cc1. The van der Waals surface area contributed by atoms with Crippen molar-refractivity contribution in [2.24, 2.45) is 11.3 Å². The molecule has 3 heteroatoms. The van der Waals surface area contributed by atoms with E-state index in [0.717, 1.165) is 12.4 Å². The highest BCUT2D eigenvalue weighted by molar-refractivity contribution is 5.48. The van der Waals surface area contributed by atoms with Gasteiger partial charge in [-0.05, 0) is 44.5 Å². The molecule has 3 nitrogen and oxygen atoms in total. The van der Waals surface area contributed by atoms with Gasteiger partial charge in [-0.25, -0.2) is 0 Å². The van der Waals surface area contributed by atoms with Crippen molar-refractivity contribution in [3.05, 3.63) is 24.3 Å². The van der Waals surface area contributed by atoms with E-state index in [4.69, 9.17) is 9.47 Å². The Kier molecular flexibility index (Phi) is 3.41. The maximum atomic E-state index is 5.84. The van der Waals surface area contributed by atoms with Crippen molar-refractivity contribution in [1.29, 1.82) is 0 Å². The Labute approximate surface area is 121 Å². The lowest BCUT2D eigenvalue weighted by Gasteiger charge is -2.55. The van der Waals surface area contributed by atoms with Crippen molar-refractivity contribution in [2.45, 2.75) is 52.4 Å². The highest BCUT2D eigenvalue weighted by atomic mass is 16.5. The van der Waals surface area contributed by atoms with Gasteiger partial charge < -0.3 is 14.8 Å². The van der Waals surface area contributed by atoms with E-state index in [1.54, 1.807) is 0 Å². The Morgan fingerprint density at radius 3 is 2.60 bits per heavy atom. The van der Waals surface area contributed by atoms with Crippen LogP contribution in [-0.2, 0) is 4.74 Å². The molecular formula is C17H25NO2. The molecule has 1 heterocycles. The van der Waals surface area contributed by atoms with Crippen molar-refractivity contribution in [1.82, 2.24) is 0 Å². The van der Waals surface area contributed by atoms with Crippen LogP contribution in [0.5, 0.6) is 5.75 Å². The quantitative estimate of drug-likeness (QED) is 0.909. The van der Waals surface area contributed by atoms with Crippen LogP contribution in [0, 0.1) is 11.3 Å². The molecule has 1 saturated heterocycles. The van der Waals surface area contributed by atoms with E-state index in [-0.39, 0.29) is 11.5 Å². The minimum atomic E-state index is 0.217. The molecule has 1 aliphatic heterocycles. The second kappa shape index (κ2) is 4.96. The van der Waals surface area contributed by atoms with Crippen LogP contribution in [0.2, 0.25) is 0 Å². The predicted octanol–water partition coefficient (Wildman–Crippen LogP) is 3.70. The summed E-state index contributed by atoms with van der Waals surface area (Å²) in [7, 11) is 0. The summed E-state index contributed by atoms with van der Waals surface area (Å²) < 4.78 is 11.5. The van der Waals surface area contributed by atoms with Gasteiger partial charge in [-0.1, -0.05) is 13.8 Å². The molecule has 1 aromatic carbocycles. The van der Waals surface area contributed by atoms with E-state index in [1.807, 2.05) is 26.0 Å². The third-order valence-corrected chi connectivity index (χ3v) is 4.65. The highest BCUT2D eigenvalue weighted by Crippen LogP contribution is 2.53. The monoisotopic (exact) mass is 275 g/mol. The number of benzene rings is 1. The van der Waals surface area contributed by atoms with Crippen LogP contribution >= 0.6 is 0 Å². The van der Waals surface area contributed by atoms with E-state index < -0.39 is 0 Å². The van der Waals surface area contributed by atoms with Gasteiger partial charge in [0.2, 0.25) is 0 Å². The molecule has 1 aromatic rings. The minimum Gasteiger partial charge on any atom is -0.491 e. The zero-order valence-corrected chi connectivity index (χ0v) is 12.8. The zero-order valence-electron chi connectivity index (χ0n) is 12.8. The van der Waals surface area contributed by atoms with Crippen LogP contribution in [-0.4, -0.2) is 24.9 Å². The number of rotatable bonds is 4. The number of anilines is 1. The third kappa shape index (κ3) is 2.28. The summed E-state index contributed by atoms with van der Waals surface area (Å²) in [5.41, 5.74) is 1.39. The summed E-state index contributed by atoms with van der Waals surface area (Å²) in [6, 6.07) is 8.80. The Bertz CT molecular complexity index is 466. The molecule has 2 aliphatic rings. The summed E-state index contributed by atoms with van der Waals surface area (Å²) in [6.07, 6.45) is 1.83. The van der Waals surface area contributed by atoms with E-state index in [2.05, 4.69) is 31.3 Å². The van der Waals surface area contributed by atoms with Crippen LogP contribution in [0.15, 0.2) is 24.3 Å². The van der Waals surface area contributed by atoms with Crippen molar-refractivity contribution < 1.29 is 9.47 Å². The lowest BCUT2D eigenvalue weighted by atomic mass is 9.57. The lowest BCUT2D eigenvalue weighted by Crippen LogP contribution is -2.63. The van der Waals surface area contributed by atoms with E-state index in [1.165, 1.54) is 12.1 Å². The standard InChI is InChI=1S/C17H25NO2/c1-11(2)20-13-7-5-12(6-8-13)18-15-14-9-10-19-16(14)17(15,3)4/h5-8,11,14-16,18H,9-10H2,1-4H3. The molecular weight excluding hydrogens is 250 g/mol. The van der Waals surface area contributed by atoms with Gasteiger partial charge in [0.05, 0.1) is 12.2 Å². The molecule has 0 spiro atoms. The van der Waals surface area contributed by atoms with Gasteiger partial charge in [-0.3, -0.25) is 0 Å². The fourth-order valence-corrected chi connectivity index (χ4v) is 3.70. The van der Waals surface area contributed by atoms with Gasteiger partial charge in [-0.15, -0.1) is 0 Å². The van der Waals surface area contributed by atoms with Gasteiger partial charge in [0, 0.05) is 29.7 Å². The molecule has 3 rings (SSSR count). The fourth-order valence-electron chi connectivity index (χ4n) is 3.70. The van der Waals surface area contributed by atoms with Gasteiger partial charge in [0.1, 0.15) is 5.75 Å². The molecule has 2 fully saturated rings. The van der Waals surface area contributed by atoms with Gasteiger partial charge in [-0.2, -0.15) is 0 Å². The molecule has 20 heavy (non-hydrogen) atoms. The van der Waals surface area contributed by atoms with Crippen molar-refractivity contribution in [2.75, 3.05) is 11.9 Å².